The van der Waals surface area contributed by atoms with Gasteiger partial charge in [0.05, 0.1) is 12.3 Å². The molecule has 2 aromatic heterocycles. The van der Waals surface area contributed by atoms with Gasteiger partial charge >= 0.3 is 0 Å². The monoisotopic (exact) mass is 347 g/mol. The van der Waals surface area contributed by atoms with Gasteiger partial charge in [-0.3, -0.25) is 9.36 Å². The summed E-state index contributed by atoms with van der Waals surface area (Å²) < 4.78 is 7.58. The number of hydrogen-bond donors (Lipinski definition) is 1. The van der Waals surface area contributed by atoms with Gasteiger partial charge < -0.3 is 15.1 Å². The van der Waals surface area contributed by atoms with Crippen molar-refractivity contribution in [3.8, 4) is 0 Å². The number of carbonyl (C=O) groups excluding carboxylic acids is 1. The van der Waals surface area contributed by atoms with Crippen LogP contribution < -0.4 is 5.73 Å². The van der Waals surface area contributed by atoms with Crippen molar-refractivity contribution in [3.63, 3.8) is 0 Å². The lowest BCUT2D eigenvalue weighted by Crippen LogP contribution is -2.33. The van der Waals surface area contributed by atoms with Gasteiger partial charge in [-0.05, 0) is 44.7 Å². The molecule has 0 bridgehead atoms. The Kier molecular flexibility index (Phi) is 3.99. The van der Waals surface area contributed by atoms with E-state index in [1.54, 1.807) is 0 Å². The molecule has 2 N–H and O–H groups in total. The van der Waals surface area contributed by atoms with Gasteiger partial charge in [0, 0.05) is 12.1 Å². The molecular weight excluding hydrogens is 326 g/mol. The lowest BCUT2D eigenvalue weighted by molar-refractivity contribution is -0.129. The first-order chi connectivity index (χ1) is 11.6. The summed E-state index contributed by atoms with van der Waals surface area (Å²) in [5, 5.41) is 8.81. The Labute approximate surface area is 144 Å². The fourth-order valence-corrected chi connectivity index (χ4v) is 3.72. The third-order valence-corrected chi connectivity index (χ3v) is 5.29. The molecule has 2 aliphatic rings. The number of furan rings is 1. The summed E-state index contributed by atoms with van der Waals surface area (Å²) in [6.07, 6.45) is 4.36. The van der Waals surface area contributed by atoms with Crippen LogP contribution in [-0.4, -0.2) is 37.4 Å². The predicted molar refractivity (Wildman–Crippen MR) is 90.4 cm³/mol. The Bertz CT molecular complexity index is 747. The number of thioether (sulfide) groups is 1. The maximum atomic E-state index is 12.7. The van der Waals surface area contributed by atoms with Crippen molar-refractivity contribution in [3.05, 3.63) is 23.7 Å². The summed E-state index contributed by atoms with van der Waals surface area (Å²) in [5.41, 5.74) is 5.88. The minimum Gasteiger partial charge on any atom is -0.464 e. The number of anilines is 1. The zero-order chi connectivity index (χ0) is 16.7. The van der Waals surface area contributed by atoms with E-state index in [1.165, 1.54) is 11.8 Å². The molecule has 0 spiro atoms. The highest BCUT2D eigenvalue weighted by Crippen LogP contribution is 2.39. The first-order valence-corrected chi connectivity index (χ1v) is 9.28. The normalized spacial score (nSPS) is 17.2. The fourth-order valence-electron chi connectivity index (χ4n) is 2.82. The van der Waals surface area contributed by atoms with Crippen molar-refractivity contribution < 1.29 is 9.21 Å². The van der Waals surface area contributed by atoms with Gasteiger partial charge in [-0.2, -0.15) is 0 Å². The smallest absolute Gasteiger partial charge is 0.233 e. The minimum absolute atomic E-state index is 0.112. The van der Waals surface area contributed by atoms with Crippen molar-refractivity contribution in [1.82, 2.24) is 19.7 Å². The minimum atomic E-state index is 0.112. The van der Waals surface area contributed by atoms with E-state index in [9.17, 15) is 4.79 Å². The highest BCUT2D eigenvalue weighted by Gasteiger charge is 2.34. The molecule has 0 aromatic carbocycles. The van der Waals surface area contributed by atoms with Gasteiger partial charge in [0.15, 0.2) is 5.16 Å². The zero-order valence-corrected chi connectivity index (χ0v) is 14.5. The second kappa shape index (κ2) is 6.16. The fraction of sp³-hybridized carbons (Fsp3) is 0.562. The van der Waals surface area contributed by atoms with Crippen LogP contribution in [0.15, 0.2) is 21.7 Å². The third kappa shape index (κ3) is 3.28. The van der Waals surface area contributed by atoms with Crippen LogP contribution in [0.1, 0.15) is 43.2 Å². The molecule has 0 atom stereocenters. The van der Waals surface area contributed by atoms with Gasteiger partial charge in [0.25, 0.3) is 0 Å². The highest BCUT2D eigenvalue weighted by atomic mass is 32.2. The van der Waals surface area contributed by atoms with Gasteiger partial charge in [0.2, 0.25) is 11.9 Å². The average molecular weight is 347 g/mol. The van der Waals surface area contributed by atoms with Crippen LogP contribution in [0.25, 0.3) is 0 Å². The number of aryl methyl sites for hydroxylation is 1. The topological polar surface area (TPSA) is 90.2 Å². The summed E-state index contributed by atoms with van der Waals surface area (Å²) >= 11 is 1.42. The van der Waals surface area contributed by atoms with Crippen molar-refractivity contribution in [2.24, 2.45) is 0 Å². The Hall–Kier alpha value is -1.96. The van der Waals surface area contributed by atoms with Crippen molar-refractivity contribution >= 4 is 23.6 Å². The van der Waals surface area contributed by atoms with Crippen LogP contribution >= 0.6 is 11.8 Å². The Morgan fingerprint density at radius 3 is 2.79 bits per heavy atom. The molecule has 2 aliphatic carbocycles. The molecule has 8 heteroatoms. The molecule has 4 rings (SSSR count). The quantitative estimate of drug-likeness (QED) is 0.773. The van der Waals surface area contributed by atoms with Crippen molar-refractivity contribution in [1.29, 1.82) is 0 Å². The maximum Gasteiger partial charge on any atom is 0.233 e. The van der Waals surface area contributed by atoms with Crippen molar-refractivity contribution in [2.45, 2.75) is 56.4 Å². The summed E-state index contributed by atoms with van der Waals surface area (Å²) in [6, 6.07) is 4.62. The number of nitrogen functional groups attached to an aromatic ring is 1. The number of nitrogens with two attached hydrogens (primary N) is 1. The number of hydrogen-bond acceptors (Lipinski definition) is 6. The second-order valence-corrected chi connectivity index (χ2v) is 7.44. The highest BCUT2D eigenvalue weighted by molar-refractivity contribution is 7.99. The van der Waals surface area contributed by atoms with E-state index in [-0.39, 0.29) is 5.91 Å². The van der Waals surface area contributed by atoms with E-state index in [2.05, 4.69) is 10.2 Å². The molecule has 1 amide bonds. The Balaban J connectivity index is 1.40. The number of nitrogens with zero attached hydrogens (tertiary/aromatic N) is 4. The van der Waals surface area contributed by atoms with E-state index in [0.717, 1.165) is 42.4 Å². The molecule has 24 heavy (non-hydrogen) atoms. The molecule has 2 saturated carbocycles. The maximum absolute atomic E-state index is 12.7. The molecule has 7 nitrogen and oxygen atoms in total. The summed E-state index contributed by atoms with van der Waals surface area (Å²) in [7, 11) is 0. The lowest BCUT2D eigenvalue weighted by Gasteiger charge is -2.21. The molecule has 2 heterocycles. The SMILES string of the molecule is Cc1ccc(CN(C(=O)CSc2nnc(N)n2C2CC2)C2CC2)o1. The molecule has 0 aliphatic heterocycles. The van der Waals surface area contributed by atoms with Crippen LogP contribution in [-0.2, 0) is 11.3 Å². The molecule has 2 fully saturated rings. The van der Waals surface area contributed by atoms with E-state index in [4.69, 9.17) is 10.2 Å². The number of amides is 1. The second-order valence-electron chi connectivity index (χ2n) is 6.50. The standard InChI is InChI=1S/C16H21N5O2S/c1-10-2-7-13(23-10)8-20(11-3-4-11)14(22)9-24-16-19-18-15(17)21(16)12-5-6-12/h2,7,11-12H,3-6,8-9H2,1H3,(H2,17,18). The number of aromatic nitrogens is 3. The summed E-state index contributed by atoms with van der Waals surface area (Å²) in [6.45, 7) is 2.45. The summed E-state index contributed by atoms with van der Waals surface area (Å²) in [4.78, 5) is 14.6. The predicted octanol–water partition coefficient (Wildman–Crippen LogP) is 2.38. The molecule has 0 unspecified atom stereocenters. The summed E-state index contributed by atoms with van der Waals surface area (Å²) in [5.74, 6) is 2.61. The van der Waals surface area contributed by atoms with E-state index in [0.29, 0.717) is 30.3 Å². The van der Waals surface area contributed by atoms with Crippen LogP contribution in [0.5, 0.6) is 0 Å². The van der Waals surface area contributed by atoms with Crippen molar-refractivity contribution in [2.75, 3.05) is 11.5 Å². The Morgan fingerprint density at radius 2 is 2.17 bits per heavy atom. The van der Waals surface area contributed by atoms with Crippen LogP contribution in [0.2, 0.25) is 0 Å². The molecule has 2 aromatic rings. The Morgan fingerprint density at radius 1 is 1.38 bits per heavy atom. The van der Waals surface area contributed by atoms with Crippen LogP contribution in [0, 0.1) is 6.92 Å². The van der Waals surface area contributed by atoms with E-state index >= 15 is 0 Å². The molecule has 0 saturated heterocycles. The lowest BCUT2D eigenvalue weighted by atomic mass is 10.3. The average Bonchev–Trinajstić information content (AvgIpc) is 3.48. The van der Waals surface area contributed by atoms with Gasteiger partial charge in [0.1, 0.15) is 11.5 Å². The first kappa shape index (κ1) is 15.6. The largest absolute Gasteiger partial charge is 0.464 e. The molecular formula is C16H21N5O2S. The third-order valence-electron chi connectivity index (χ3n) is 4.36. The molecule has 128 valence electrons. The van der Waals surface area contributed by atoms with Gasteiger partial charge in [-0.25, -0.2) is 0 Å². The van der Waals surface area contributed by atoms with Crippen LogP contribution in [0.3, 0.4) is 0 Å². The molecule has 0 radical (unpaired) electrons. The van der Waals surface area contributed by atoms with Crippen LogP contribution in [0.4, 0.5) is 5.95 Å². The number of rotatable bonds is 7. The zero-order valence-electron chi connectivity index (χ0n) is 13.6. The first-order valence-electron chi connectivity index (χ1n) is 8.30. The van der Waals surface area contributed by atoms with Gasteiger partial charge in [-0.1, -0.05) is 11.8 Å². The number of carbonyl (C=O) groups is 1. The van der Waals surface area contributed by atoms with E-state index in [1.807, 2.05) is 28.5 Å². The van der Waals surface area contributed by atoms with Gasteiger partial charge in [-0.15, -0.1) is 10.2 Å². The van der Waals surface area contributed by atoms with E-state index < -0.39 is 0 Å².